The number of esters is 1. The van der Waals surface area contributed by atoms with Crippen LogP contribution >= 0.6 is 0 Å². The smallest absolute Gasteiger partial charge is 0.465 e. The molecule has 0 aliphatic heterocycles. The lowest BCUT2D eigenvalue weighted by atomic mass is 10.1. The third-order valence-corrected chi connectivity index (χ3v) is 2.99. The molecule has 0 aliphatic carbocycles. The Morgan fingerprint density at radius 2 is 1.44 bits per heavy atom. The van der Waals surface area contributed by atoms with E-state index in [1.807, 2.05) is 0 Å². The van der Waals surface area contributed by atoms with Gasteiger partial charge in [0.2, 0.25) is 0 Å². The standard InChI is InChI=1S/C17H29F2NO7/c1-15(2,3)26-13(22)20(7)11(9-17(18,19)12(21)24-8)10-25-14(23)27-16(4,5)6/h11H,9-10H2,1-8H3. The molecule has 0 saturated heterocycles. The van der Waals surface area contributed by atoms with Crippen LogP contribution in [0.2, 0.25) is 0 Å². The van der Waals surface area contributed by atoms with Gasteiger partial charge in [0, 0.05) is 13.5 Å². The molecule has 0 heterocycles. The molecule has 0 rings (SSSR count). The van der Waals surface area contributed by atoms with Gasteiger partial charge < -0.3 is 23.8 Å². The number of nitrogens with zero attached hydrogens (tertiary/aromatic N) is 1. The van der Waals surface area contributed by atoms with E-state index < -0.39 is 54.4 Å². The largest absolute Gasteiger partial charge is 0.508 e. The fourth-order valence-electron chi connectivity index (χ4n) is 1.76. The van der Waals surface area contributed by atoms with Gasteiger partial charge in [-0.3, -0.25) is 0 Å². The van der Waals surface area contributed by atoms with Gasteiger partial charge in [0.05, 0.1) is 13.2 Å². The Labute approximate surface area is 158 Å². The molecule has 10 heteroatoms. The van der Waals surface area contributed by atoms with Gasteiger partial charge in [-0.2, -0.15) is 8.78 Å². The first-order valence-electron chi connectivity index (χ1n) is 8.26. The van der Waals surface area contributed by atoms with Crippen LogP contribution in [0.15, 0.2) is 0 Å². The van der Waals surface area contributed by atoms with E-state index in [0.29, 0.717) is 0 Å². The van der Waals surface area contributed by atoms with Gasteiger partial charge in [0.1, 0.15) is 17.8 Å². The molecule has 0 N–H and O–H groups in total. The summed E-state index contributed by atoms with van der Waals surface area (Å²) in [6.07, 6.45) is -3.13. The maximum Gasteiger partial charge on any atom is 0.508 e. The van der Waals surface area contributed by atoms with Crippen molar-refractivity contribution in [3.63, 3.8) is 0 Å². The zero-order chi connectivity index (χ0) is 21.6. The lowest BCUT2D eigenvalue weighted by Gasteiger charge is -2.32. The number of methoxy groups -OCH3 is 1. The Kier molecular flexibility index (Phi) is 8.46. The summed E-state index contributed by atoms with van der Waals surface area (Å²) in [4.78, 5) is 36.0. The Balaban J connectivity index is 5.29. The average molecular weight is 397 g/mol. The summed E-state index contributed by atoms with van der Waals surface area (Å²) in [6, 6.07) is -1.36. The van der Waals surface area contributed by atoms with Gasteiger partial charge >= 0.3 is 24.1 Å². The zero-order valence-electron chi connectivity index (χ0n) is 17.1. The van der Waals surface area contributed by atoms with E-state index in [-0.39, 0.29) is 0 Å². The highest BCUT2D eigenvalue weighted by molar-refractivity contribution is 5.77. The molecular formula is C17H29F2NO7. The molecule has 0 bridgehead atoms. The molecular weight excluding hydrogens is 368 g/mol. The molecule has 1 unspecified atom stereocenters. The molecule has 0 spiro atoms. The summed E-state index contributed by atoms with van der Waals surface area (Å²) in [6.45, 7) is 8.99. The van der Waals surface area contributed by atoms with Crippen LogP contribution in [0.25, 0.3) is 0 Å². The quantitative estimate of drug-likeness (QED) is 0.501. The molecule has 0 aromatic heterocycles. The number of halogens is 2. The Hall–Kier alpha value is -2.13. The highest BCUT2D eigenvalue weighted by atomic mass is 19.3. The fraction of sp³-hybridized carbons (Fsp3) is 0.824. The van der Waals surface area contributed by atoms with E-state index >= 15 is 0 Å². The molecule has 0 aliphatic rings. The van der Waals surface area contributed by atoms with Crippen molar-refractivity contribution >= 4 is 18.2 Å². The first kappa shape index (κ1) is 24.9. The van der Waals surface area contributed by atoms with E-state index in [4.69, 9.17) is 14.2 Å². The van der Waals surface area contributed by atoms with Crippen LogP contribution in [0, 0.1) is 0 Å². The lowest BCUT2D eigenvalue weighted by molar-refractivity contribution is -0.172. The van der Waals surface area contributed by atoms with Crippen LogP contribution < -0.4 is 0 Å². The van der Waals surface area contributed by atoms with Crippen molar-refractivity contribution in [1.29, 1.82) is 0 Å². The van der Waals surface area contributed by atoms with Crippen molar-refractivity contribution in [2.45, 2.75) is 71.1 Å². The highest BCUT2D eigenvalue weighted by Crippen LogP contribution is 2.25. The molecule has 1 amide bonds. The van der Waals surface area contributed by atoms with Crippen molar-refractivity contribution in [2.75, 3.05) is 20.8 Å². The second kappa shape index (κ2) is 9.18. The predicted octanol–water partition coefficient (Wildman–Crippen LogP) is 3.37. The highest BCUT2D eigenvalue weighted by Gasteiger charge is 2.45. The molecule has 0 aromatic carbocycles. The minimum absolute atomic E-state index is 0.628. The number of ether oxygens (including phenoxy) is 4. The van der Waals surface area contributed by atoms with E-state index in [1.54, 1.807) is 41.5 Å². The Bertz CT molecular complexity index is 538. The van der Waals surface area contributed by atoms with E-state index in [0.717, 1.165) is 12.0 Å². The maximum atomic E-state index is 14.0. The lowest BCUT2D eigenvalue weighted by Crippen LogP contribution is -2.47. The third-order valence-electron chi connectivity index (χ3n) is 2.99. The average Bonchev–Trinajstić information content (AvgIpc) is 2.46. The topological polar surface area (TPSA) is 91.4 Å². The molecule has 0 fully saturated rings. The van der Waals surface area contributed by atoms with Crippen LogP contribution in [-0.4, -0.2) is 67.0 Å². The molecule has 0 aromatic rings. The summed E-state index contributed by atoms with van der Waals surface area (Å²) in [7, 11) is 2.02. The normalized spacial score (nSPS) is 13.4. The van der Waals surface area contributed by atoms with Crippen molar-refractivity contribution in [3.8, 4) is 0 Å². The summed E-state index contributed by atoms with van der Waals surface area (Å²) >= 11 is 0. The second-order valence-electron chi connectivity index (χ2n) is 7.92. The van der Waals surface area contributed by atoms with Crippen LogP contribution in [-0.2, 0) is 23.7 Å². The number of likely N-dealkylation sites (N-methyl/N-ethyl adjacent to an activating group) is 1. The van der Waals surface area contributed by atoms with Gasteiger partial charge in [0.25, 0.3) is 0 Å². The monoisotopic (exact) mass is 397 g/mol. The number of amides is 1. The van der Waals surface area contributed by atoms with Gasteiger partial charge in [-0.1, -0.05) is 0 Å². The number of alkyl halides is 2. The molecule has 158 valence electrons. The minimum atomic E-state index is -3.90. The Morgan fingerprint density at radius 1 is 0.963 bits per heavy atom. The van der Waals surface area contributed by atoms with E-state index in [9.17, 15) is 23.2 Å². The molecule has 0 saturated carbocycles. The van der Waals surface area contributed by atoms with Crippen molar-refractivity contribution in [3.05, 3.63) is 0 Å². The predicted molar refractivity (Wildman–Crippen MR) is 91.6 cm³/mol. The summed E-state index contributed by atoms with van der Waals surface area (Å²) < 4.78 is 47.0. The molecule has 1 atom stereocenters. The molecule has 8 nitrogen and oxygen atoms in total. The fourth-order valence-corrected chi connectivity index (χ4v) is 1.76. The van der Waals surface area contributed by atoms with Crippen LogP contribution in [0.1, 0.15) is 48.0 Å². The minimum Gasteiger partial charge on any atom is -0.465 e. The first-order valence-corrected chi connectivity index (χ1v) is 8.26. The Morgan fingerprint density at radius 3 is 1.85 bits per heavy atom. The van der Waals surface area contributed by atoms with Gasteiger partial charge in [-0.05, 0) is 41.5 Å². The summed E-state index contributed by atoms with van der Waals surface area (Å²) in [5.41, 5.74) is -1.72. The number of carbonyl (C=O) groups excluding carboxylic acids is 3. The van der Waals surface area contributed by atoms with Crippen LogP contribution in [0.3, 0.4) is 0 Å². The zero-order valence-corrected chi connectivity index (χ0v) is 17.1. The van der Waals surface area contributed by atoms with E-state index in [1.165, 1.54) is 7.05 Å². The first-order chi connectivity index (χ1) is 12.0. The number of hydrogen-bond donors (Lipinski definition) is 0. The number of rotatable bonds is 6. The van der Waals surface area contributed by atoms with Crippen LogP contribution in [0.4, 0.5) is 18.4 Å². The van der Waals surface area contributed by atoms with Crippen molar-refractivity contribution in [2.24, 2.45) is 0 Å². The van der Waals surface area contributed by atoms with Crippen LogP contribution in [0.5, 0.6) is 0 Å². The van der Waals surface area contributed by atoms with Gasteiger partial charge in [-0.25, -0.2) is 14.4 Å². The second-order valence-corrected chi connectivity index (χ2v) is 7.92. The van der Waals surface area contributed by atoms with Gasteiger partial charge in [0.15, 0.2) is 0 Å². The van der Waals surface area contributed by atoms with E-state index in [2.05, 4.69) is 4.74 Å². The molecule has 27 heavy (non-hydrogen) atoms. The van der Waals surface area contributed by atoms with Crippen molar-refractivity contribution in [1.82, 2.24) is 4.90 Å². The molecule has 0 radical (unpaired) electrons. The SMILES string of the molecule is COC(=O)C(F)(F)CC(COC(=O)OC(C)(C)C)N(C)C(=O)OC(C)(C)C. The number of carbonyl (C=O) groups is 3. The van der Waals surface area contributed by atoms with Crippen molar-refractivity contribution < 1.29 is 42.1 Å². The number of hydrogen-bond acceptors (Lipinski definition) is 7. The third kappa shape index (κ3) is 9.95. The van der Waals surface area contributed by atoms with Gasteiger partial charge in [-0.15, -0.1) is 0 Å². The maximum absolute atomic E-state index is 14.0. The summed E-state index contributed by atoms with van der Waals surface area (Å²) in [5, 5.41) is 0. The summed E-state index contributed by atoms with van der Waals surface area (Å²) in [5.74, 6) is -5.66.